The first-order chi connectivity index (χ1) is 9.54. The molecule has 2 rings (SSSR count). The molecule has 20 heavy (non-hydrogen) atoms. The second-order valence-electron chi connectivity index (χ2n) is 5.30. The van der Waals surface area contributed by atoms with E-state index in [1.165, 1.54) is 27.8 Å². The second-order valence-corrected chi connectivity index (χ2v) is 5.30. The molecule has 0 aliphatic heterocycles. The Kier molecular flexibility index (Phi) is 4.24. The number of benzene rings is 2. The molecule has 0 bridgehead atoms. The lowest BCUT2D eigenvalue weighted by Gasteiger charge is -2.13. The summed E-state index contributed by atoms with van der Waals surface area (Å²) in [6.45, 7) is 14.4. The molecule has 0 aliphatic rings. The van der Waals surface area contributed by atoms with Gasteiger partial charge in [0.05, 0.1) is 0 Å². The topological polar surface area (TPSA) is 0 Å². The summed E-state index contributed by atoms with van der Waals surface area (Å²) in [7, 11) is 0. The lowest BCUT2D eigenvalue weighted by Crippen LogP contribution is -1.92. The smallest absolute Gasteiger partial charge is 0.0152 e. The van der Waals surface area contributed by atoms with Crippen LogP contribution in [-0.2, 0) is 6.42 Å². The quantitative estimate of drug-likeness (QED) is 0.609. The molecule has 2 aromatic rings. The number of hydrogen-bond acceptors (Lipinski definition) is 0. The summed E-state index contributed by atoms with van der Waals surface area (Å²) in [4.78, 5) is 0. The van der Waals surface area contributed by atoms with Crippen molar-refractivity contribution in [3.8, 4) is 11.1 Å². The standard InChI is InChI=1S/C20H22/c1-6-17-9-7-8-10-20(17)18-11-12-19(15(4)13-18)16(5)14(2)3/h7-13H,2,5-6H2,1,3-4H3. The highest BCUT2D eigenvalue weighted by molar-refractivity contribution is 5.80. The Bertz CT molecular complexity index is 659. The predicted molar refractivity (Wildman–Crippen MR) is 89.8 cm³/mol. The van der Waals surface area contributed by atoms with Gasteiger partial charge in [0.2, 0.25) is 0 Å². The van der Waals surface area contributed by atoms with E-state index in [1.807, 2.05) is 6.92 Å². The molecule has 0 saturated carbocycles. The van der Waals surface area contributed by atoms with Gasteiger partial charge in [-0.15, -0.1) is 0 Å². The average molecular weight is 262 g/mol. The van der Waals surface area contributed by atoms with E-state index in [0.29, 0.717) is 0 Å². The first-order valence-corrected chi connectivity index (χ1v) is 7.08. The van der Waals surface area contributed by atoms with Crippen molar-refractivity contribution >= 4 is 5.57 Å². The van der Waals surface area contributed by atoms with Crippen molar-refractivity contribution in [3.05, 3.63) is 77.9 Å². The SMILES string of the molecule is C=C(C)C(=C)c1ccc(-c2ccccc2CC)cc1C. The largest absolute Gasteiger partial charge is 0.0955 e. The maximum absolute atomic E-state index is 4.12. The minimum atomic E-state index is 1.02. The van der Waals surface area contributed by atoms with Crippen LogP contribution in [0.2, 0.25) is 0 Å². The van der Waals surface area contributed by atoms with Crippen LogP contribution in [-0.4, -0.2) is 0 Å². The third-order valence-electron chi connectivity index (χ3n) is 3.78. The molecule has 102 valence electrons. The number of hydrogen-bond donors (Lipinski definition) is 0. The van der Waals surface area contributed by atoms with Crippen molar-refractivity contribution in [2.75, 3.05) is 0 Å². The fraction of sp³-hybridized carbons (Fsp3) is 0.200. The van der Waals surface area contributed by atoms with Gasteiger partial charge in [0.1, 0.15) is 0 Å². The van der Waals surface area contributed by atoms with Crippen LogP contribution in [0.5, 0.6) is 0 Å². The summed E-state index contributed by atoms with van der Waals surface area (Å²) in [5.74, 6) is 0. The van der Waals surface area contributed by atoms with E-state index in [0.717, 1.165) is 17.6 Å². The first-order valence-electron chi connectivity index (χ1n) is 7.08. The molecular formula is C20H22. The highest BCUT2D eigenvalue weighted by atomic mass is 14.1. The van der Waals surface area contributed by atoms with Gasteiger partial charge in [-0.2, -0.15) is 0 Å². The molecule has 0 amide bonds. The van der Waals surface area contributed by atoms with Gasteiger partial charge in [-0.3, -0.25) is 0 Å². The predicted octanol–water partition coefficient (Wildman–Crippen LogP) is 5.81. The van der Waals surface area contributed by atoms with Gasteiger partial charge < -0.3 is 0 Å². The third-order valence-corrected chi connectivity index (χ3v) is 3.78. The van der Waals surface area contributed by atoms with Gasteiger partial charge in [-0.25, -0.2) is 0 Å². The monoisotopic (exact) mass is 262 g/mol. The van der Waals surface area contributed by atoms with E-state index in [9.17, 15) is 0 Å². The van der Waals surface area contributed by atoms with Crippen molar-refractivity contribution < 1.29 is 0 Å². The zero-order chi connectivity index (χ0) is 14.7. The average Bonchev–Trinajstić information content (AvgIpc) is 2.46. The Hall–Kier alpha value is -2.08. The number of aryl methyl sites for hydroxylation is 2. The first kappa shape index (κ1) is 14.3. The highest BCUT2D eigenvalue weighted by Crippen LogP contribution is 2.29. The summed E-state index contributed by atoms with van der Waals surface area (Å²) in [6.07, 6.45) is 1.05. The molecule has 0 spiro atoms. The molecule has 0 unspecified atom stereocenters. The van der Waals surface area contributed by atoms with Crippen molar-refractivity contribution in [1.29, 1.82) is 0 Å². The van der Waals surface area contributed by atoms with Crippen molar-refractivity contribution in [2.45, 2.75) is 27.2 Å². The van der Waals surface area contributed by atoms with Crippen LogP contribution in [0.3, 0.4) is 0 Å². The van der Waals surface area contributed by atoms with E-state index in [2.05, 4.69) is 69.5 Å². The van der Waals surface area contributed by atoms with Gasteiger partial charge in [0, 0.05) is 0 Å². The van der Waals surface area contributed by atoms with E-state index >= 15 is 0 Å². The second kappa shape index (κ2) is 5.92. The van der Waals surface area contributed by atoms with Gasteiger partial charge in [0.15, 0.2) is 0 Å². The van der Waals surface area contributed by atoms with Gasteiger partial charge in [0.25, 0.3) is 0 Å². The van der Waals surface area contributed by atoms with Gasteiger partial charge in [-0.05, 0) is 53.7 Å². The van der Waals surface area contributed by atoms with E-state index in [4.69, 9.17) is 0 Å². The zero-order valence-electron chi connectivity index (χ0n) is 12.7. The Balaban J connectivity index is 2.49. The minimum absolute atomic E-state index is 1.02. The lowest BCUT2D eigenvalue weighted by atomic mass is 9.92. The maximum atomic E-state index is 4.12. The molecule has 0 fully saturated rings. The van der Waals surface area contributed by atoms with Crippen LogP contribution in [0, 0.1) is 6.92 Å². The molecule has 0 N–H and O–H groups in total. The van der Waals surface area contributed by atoms with Crippen LogP contribution in [0.4, 0.5) is 0 Å². The van der Waals surface area contributed by atoms with Crippen LogP contribution in [0.25, 0.3) is 16.7 Å². The van der Waals surface area contributed by atoms with Crippen molar-refractivity contribution in [3.63, 3.8) is 0 Å². The normalized spacial score (nSPS) is 10.3. The van der Waals surface area contributed by atoms with E-state index in [1.54, 1.807) is 0 Å². The highest BCUT2D eigenvalue weighted by Gasteiger charge is 2.07. The Morgan fingerprint density at radius 2 is 1.75 bits per heavy atom. The third kappa shape index (κ3) is 2.75. The summed E-state index contributed by atoms with van der Waals surface area (Å²) in [6, 6.07) is 15.2. The fourth-order valence-electron chi connectivity index (χ4n) is 2.51. The summed E-state index contributed by atoms with van der Waals surface area (Å²) >= 11 is 0. The van der Waals surface area contributed by atoms with Crippen LogP contribution >= 0.6 is 0 Å². The molecule has 0 heteroatoms. The van der Waals surface area contributed by atoms with Crippen LogP contribution in [0.1, 0.15) is 30.5 Å². The van der Waals surface area contributed by atoms with Crippen LogP contribution in [0.15, 0.2) is 61.2 Å². The fourth-order valence-corrected chi connectivity index (χ4v) is 2.51. The lowest BCUT2D eigenvalue weighted by molar-refractivity contribution is 1.14. The zero-order valence-corrected chi connectivity index (χ0v) is 12.7. The summed E-state index contributed by atoms with van der Waals surface area (Å²) in [5, 5.41) is 0. The molecule has 0 saturated heterocycles. The van der Waals surface area contributed by atoms with Crippen LogP contribution < -0.4 is 0 Å². The van der Waals surface area contributed by atoms with Gasteiger partial charge >= 0.3 is 0 Å². The van der Waals surface area contributed by atoms with E-state index in [-0.39, 0.29) is 0 Å². The molecule has 0 radical (unpaired) electrons. The molecule has 0 aromatic heterocycles. The number of allylic oxidation sites excluding steroid dienone is 2. The molecule has 0 atom stereocenters. The Morgan fingerprint density at radius 3 is 2.35 bits per heavy atom. The van der Waals surface area contributed by atoms with Crippen molar-refractivity contribution in [1.82, 2.24) is 0 Å². The molecule has 2 aromatic carbocycles. The number of rotatable bonds is 4. The maximum Gasteiger partial charge on any atom is -0.0152 e. The molecule has 0 aliphatic carbocycles. The Labute approximate surface area is 122 Å². The Morgan fingerprint density at radius 1 is 1.05 bits per heavy atom. The molecule has 0 heterocycles. The summed E-state index contributed by atoms with van der Waals surface area (Å²) < 4.78 is 0. The minimum Gasteiger partial charge on any atom is -0.0955 e. The summed E-state index contributed by atoms with van der Waals surface area (Å²) in [5.41, 5.74) is 8.48. The molecule has 0 nitrogen and oxygen atoms in total. The van der Waals surface area contributed by atoms with Gasteiger partial charge in [-0.1, -0.05) is 68.1 Å². The molecular weight excluding hydrogens is 240 g/mol. The van der Waals surface area contributed by atoms with E-state index < -0.39 is 0 Å². The van der Waals surface area contributed by atoms with Crippen molar-refractivity contribution in [2.24, 2.45) is 0 Å².